The Morgan fingerprint density at radius 3 is 3.07 bits per heavy atom. The summed E-state index contributed by atoms with van der Waals surface area (Å²) >= 11 is 1.59. The fourth-order valence-corrected chi connectivity index (χ4v) is 1.70. The fraction of sp³-hybridized carbons (Fsp3) is 0.444. The van der Waals surface area contributed by atoms with Gasteiger partial charge in [-0.15, -0.1) is 11.3 Å². The minimum Gasteiger partial charge on any atom is -0.447 e. The molecule has 0 aliphatic carbocycles. The molecule has 0 saturated heterocycles. The molecule has 1 aromatic rings. The van der Waals surface area contributed by atoms with Crippen molar-refractivity contribution in [2.75, 3.05) is 20.3 Å². The molecule has 0 bridgehead atoms. The quantitative estimate of drug-likeness (QED) is 0.823. The number of ether oxygens (including phenoxy) is 1. The van der Waals surface area contributed by atoms with Gasteiger partial charge in [0.25, 0.3) is 0 Å². The van der Waals surface area contributed by atoms with Crippen LogP contribution in [-0.2, 0) is 11.3 Å². The molecule has 1 amide bonds. The van der Waals surface area contributed by atoms with Gasteiger partial charge in [0.05, 0.1) is 13.2 Å². The highest BCUT2D eigenvalue weighted by Gasteiger charge is 2.09. The van der Waals surface area contributed by atoms with Crippen LogP contribution in [0.5, 0.6) is 0 Å². The van der Waals surface area contributed by atoms with Crippen LogP contribution in [0.15, 0.2) is 17.5 Å². The lowest BCUT2D eigenvalue weighted by Crippen LogP contribution is -2.27. The Morgan fingerprint density at radius 2 is 2.50 bits per heavy atom. The molecule has 0 fully saturated rings. The van der Waals surface area contributed by atoms with Gasteiger partial charge in [0, 0.05) is 11.9 Å². The van der Waals surface area contributed by atoms with E-state index >= 15 is 0 Å². The number of carbonyl (C=O) groups excluding carboxylic acids is 1. The Morgan fingerprint density at radius 1 is 1.71 bits per heavy atom. The van der Waals surface area contributed by atoms with Crippen LogP contribution in [0, 0.1) is 0 Å². The van der Waals surface area contributed by atoms with Gasteiger partial charge in [0.15, 0.2) is 0 Å². The molecule has 0 aliphatic rings. The van der Waals surface area contributed by atoms with Crippen LogP contribution in [-0.4, -0.2) is 36.4 Å². The molecule has 1 aromatic heterocycles. The van der Waals surface area contributed by atoms with E-state index in [2.05, 4.69) is 0 Å². The SMILES string of the molecule is CN(Cc1cccs1)C(=O)OCCO. The van der Waals surface area contributed by atoms with E-state index in [1.165, 1.54) is 4.90 Å². The molecule has 5 heteroatoms. The number of aliphatic hydroxyl groups excluding tert-OH is 1. The Balaban J connectivity index is 2.34. The number of hydrogen-bond acceptors (Lipinski definition) is 4. The lowest BCUT2D eigenvalue weighted by atomic mass is 10.4. The van der Waals surface area contributed by atoms with Gasteiger partial charge in [-0.2, -0.15) is 0 Å². The van der Waals surface area contributed by atoms with E-state index < -0.39 is 6.09 Å². The first-order chi connectivity index (χ1) is 6.74. The first-order valence-corrected chi connectivity index (χ1v) is 5.13. The highest BCUT2D eigenvalue weighted by molar-refractivity contribution is 7.09. The number of nitrogens with zero attached hydrogens (tertiary/aromatic N) is 1. The lowest BCUT2D eigenvalue weighted by Gasteiger charge is -2.15. The zero-order chi connectivity index (χ0) is 10.4. The molecule has 0 spiro atoms. The van der Waals surface area contributed by atoms with Crippen LogP contribution in [0.4, 0.5) is 4.79 Å². The molecule has 1 heterocycles. The van der Waals surface area contributed by atoms with E-state index in [4.69, 9.17) is 9.84 Å². The summed E-state index contributed by atoms with van der Waals surface area (Å²) in [5.74, 6) is 0. The van der Waals surface area contributed by atoms with E-state index in [-0.39, 0.29) is 13.2 Å². The molecule has 0 saturated carbocycles. The van der Waals surface area contributed by atoms with Crippen molar-refractivity contribution in [2.24, 2.45) is 0 Å². The van der Waals surface area contributed by atoms with Gasteiger partial charge in [-0.05, 0) is 11.4 Å². The molecule has 0 aromatic carbocycles. The summed E-state index contributed by atoms with van der Waals surface area (Å²) in [6.45, 7) is 0.453. The van der Waals surface area contributed by atoms with Crippen LogP contribution in [0.2, 0.25) is 0 Å². The summed E-state index contributed by atoms with van der Waals surface area (Å²) in [4.78, 5) is 13.8. The Kier molecular flexibility index (Phi) is 4.42. The van der Waals surface area contributed by atoms with Crippen molar-refractivity contribution in [3.05, 3.63) is 22.4 Å². The summed E-state index contributed by atoms with van der Waals surface area (Å²) in [6.07, 6.45) is -0.410. The molecule has 4 nitrogen and oxygen atoms in total. The predicted molar refractivity (Wildman–Crippen MR) is 54.2 cm³/mol. The van der Waals surface area contributed by atoms with Crippen LogP contribution in [0.3, 0.4) is 0 Å². The third-order valence-corrected chi connectivity index (χ3v) is 2.46. The lowest BCUT2D eigenvalue weighted by molar-refractivity contribution is 0.0896. The van der Waals surface area contributed by atoms with E-state index in [0.29, 0.717) is 6.54 Å². The van der Waals surface area contributed by atoms with Crippen LogP contribution in [0.25, 0.3) is 0 Å². The normalized spacial score (nSPS) is 9.86. The van der Waals surface area contributed by atoms with Crippen molar-refractivity contribution >= 4 is 17.4 Å². The molecule has 1 rings (SSSR count). The molecule has 0 unspecified atom stereocenters. The van der Waals surface area contributed by atoms with Crippen LogP contribution >= 0.6 is 11.3 Å². The van der Waals surface area contributed by atoms with Crippen LogP contribution in [0.1, 0.15) is 4.88 Å². The van der Waals surface area contributed by atoms with Crippen molar-refractivity contribution in [3.8, 4) is 0 Å². The average molecular weight is 215 g/mol. The zero-order valence-electron chi connectivity index (χ0n) is 7.97. The van der Waals surface area contributed by atoms with Gasteiger partial charge < -0.3 is 14.7 Å². The average Bonchev–Trinajstić information content (AvgIpc) is 2.66. The van der Waals surface area contributed by atoms with Crippen molar-refractivity contribution in [2.45, 2.75) is 6.54 Å². The first kappa shape index (κ1) is 11.0. The minimum atomic E-state index is -0.410. The second-order valence-corrected chi connectivity index (χ2v) is 3.81. The fourth-order valence-electron chi connectivity index (χ4n) is 0.944. The minimum absolute atomic E-state index is 0.0492. The number of hydrogen-bond donors (Lipinski definition) is 1. The Bertz CT molecular complexity index is 274. The first-order valence-electron chi connectivity index (χ1n) is 4.25. The Labute approximate surface area is 86.7 Å². The highest BCUT2D eigenvalue weighted by atomic mass is 32.1. The molecule has 1 N–H and O–H groups in total. The summed E-state index contributed by atoms with van der Waals surface area (Å²) in [7, 11) is 1.67. The van der Waals surface area contributed by atoms with E-state index in [1.54, 1.807) is 18.4 Å². The smallest absolute Gasteiger partial charge is 0.409 e. The summed E-state index contributed by atoms with van der Waals surface area (Å²) in [5, 5.41) is 10.4. The highest BCUT2D eigenvalue weighted by Crippen LogP contribution is 2.11. The number of aliphatic hydroxyl groups is 1. The maximum Gasteiger partial charge on any atom is 0.409 e. The third kappa shape index (κ3) is 3.35. The maximum absolute atomic E-state index is 11.2. The molecular weight excluding hydrogens is 202 g/mol. The van der Waals surface area contributed by atoms with Crippen molar-refractivity contribution in [1.29, 1.82) is 0 Å². The van der Waals surface area contributed by atoms with Crippen molar-refractivity contribution < 1.29 is 14.6 Å². The van der Waals surface area contributed by atoms with Gasteiger partial charge in [-0.1, -0.05) is 6.07 Å². The number of amides is 1. The number of rotatable bonds is 4. The third-order valence-electron chi connectivity index (χ3n) is 1.60. The van der Waals surface area contributed by atoms with E-state index in [1.807, 2.05) is 17.5 Å². The second kappa shape index (κ2) is 5.62. The number of carbonyl (C=O) groups is 1. The molecule has 0 aliphatic heterocycles. The van der Waals surface area contributed by atoms with Gasteiger partial charge >= 0.3 is 6.09 Å². The molecular formula is C9H13NO3S. The van der Waals surface area contributed by atoms with E-state index in [0.717, 1.165) is 4.88 Å². The molecule has 78 valence electrons. The Hall–Kier alpha value is -1.07. The van der Waals surface area contributed by atoms with Crippen LogP contribution < -0.4 is 0 Å². The number of thiophene rings is 1. The molecule has 0 radical (unpaired) electrons. The van der Waals surface area contributed by atoms with Crippen molar-refractivity contribution in [1.82, 2.24) is 4.90 Å². The second-order valence-electron chi connectivity index (χ2n) is 2.77. The van der Waals surface area contributed by atoms with Crippen molar-refractivity contribution in [3.63, 3.8) is 0 Å². The molecule has 14 heavy (non-hydrogen) atoms. The summed E-state index contributed by atoms with van der Waals surface area (Å²) < 4.78 is 4.74. The standard InChI is InChI=1S/C9H13NO3S/c1-10(9(12)13-5-4-11)7-8-3-2-6-14-8/h2-3,6,11H,4-5,7H2,1H3. The van der Waals surface area contributed by atoms with Gasteiger partial charge in [-0.25, -0.2) is 4.79 Å². The zero-order valence-corrected chi connectivity index (χ0v) is 8.79. The largest absolute Gasteiger partial charge is 0.447 e. The molecule has 0 atom stereocenters. The predicted octanol–water partition coefficient (Wildman–Crippen LogP) is 1.31. The van der Waals surface area contributed by atoms with Gasteiger partial charge in [-0.3, -0.25) is 0 Å². The van der Waals surface area contributed by atoms with E-state index in [9.17, 15) is 4.79 Å². The maximum atomic E-state index is 11.2. The van der Waals surface area contributed by atoms with Gasteiger partial charge in [0.2, 0.25) is 0 Å². The van der Waals surface area contributed by atoms with Gasteiger partial charge in [0.1, 0.15) is 6.61 Å². The summed E-state index contributed by atoms with van der Waals surface area (Å²) in [6, 6.07) is 3.90. The monoisotopic (exact) mass is 215 g/mol. The summed E-state index contributed by atoms with van der Waals surface area (Å²) in [5.41, 5.74) is 0. The topological polar surface area (TPSA) is 49.8 Å².